The molecule has 10 atom stereocenters. The Labute approximate surface area is 254 Å². The zero-order chi connectivity index (χ0) is 31.8. The topological polar surface area (TPSA) is 259 Å². The average Bonchev–Trinajstić information content (AvgIpc) is 3.72. The highest BCUT2D eigenvalue weighted by atomic mass is 32.5. The number of phosphoric acid groups is 1. The molecule has 2 bridgehead atoms. The van der Waals surface area contributed by atoms with E-state index in [4.69, 9.17) is 50.8 Å². The number of nitrogens with one attached hydrogen (secondary N) is 1. The third kappa shape index (κ3) is 5.44. The van der Waals surface area contributed by atoms with Crippen LogP contribution in [0.3, 0.4) is 0 Å². The molecule has 7 rings (SSSR count). The van der Waals surface area contributed by atoms with E-state index in [0.717, 1.165) is 10.9 Å². The number of fused-ring (bicyclic) bond motifs is 5. The molecule has 7 heterocycles. The summed E-state index contributed by atoms with van der Waals surface area (Å²) in [5.41, 5.74) is 11.2. The molecule has 3 unspecified atom stereocenters. The number of hydrogen-bond donors (Lipinski definition) is 5. The standard InChI is InChI=1S/C21H23F2N9O10P2S/c22-10-8-3-37-43(34,35)41-14-9(40-19(11(14)23)31-5-27-12-7(24)1-2-26-16(12)31)4-38-44(36,45)42-15(10)20(39-8)32-6-28-13-17(32)29-21(25)30-18(13)33/h1-2,5-6,8-11,14-15,19-20H,3-4H2,(H2,24,26)(H,34,35)(H,36,45)(H3,25,29,30,33)/t8-,9?,10-,11+,14-,15-,19-,20-,44?/m1/s1. The Bertz CT molecular complexity index is 1950. The zero-order valence-corrected chi connectivity index (χ0v) is 25.0. The number of phosphoric ester groups is 1. The number of ether oxygens (including phenoxy) is 2. The van der Waals surface area contributed by atoms with Gasteiger partial charge < -0.3 is 35.3 Å². The van der Waals surface area contributed by atoms with Gasteiger partial charge in [-0.2, -0.15) is 4.98 Å². The highest BCUT2D eigenvalue weighted by Crippen LogP contribution is 2.54. The van der Waals surface area contributed by atoms with E-state index in [-0.39, 0.29) is 34.0 Å². The molecule has 24 heteroatoms. The molecule has 0 saturated carbocycles. The van der Waals surface area contributed by atoms with Crippen molar-refractivity contribution in [3.8, 4) is 0 Å². The lowest BCUT2D eigenvalue weighted by Gasteiger charge is -2.27. The number of imidazole rings is 2. The molecule has 3 aliphatic rings. The summed E-state index contributed by atoms with van der Waals surface area (Å²) in [6.45, 7) is -6.04. The molecule has 4 aromatic heterocycles. The third-order valence-corrected chi connectivity index (χ3v) is 9.88. The van der Waals surface area contributed by atoms with Crippen LogP contribution in [-0.2, 0) is 43.9 Å². The van der Waals surface area contributed by atoms with Gasteiger partial charge in [-0.3, -0.25) is 32.5 Å². The highest BCUT2D eigenvalue weighted by molar-refractivity contribution is 8.07. The van der Waals surface area contributed by atoms with Gasteiger partial charge in [0.25, 0.3) is 5.56 Å². The smallest absolute Gasteiger partial charge is 0.397 e. The molecule has 0 amide bonds. The van der Waals surface area contributed by atoms with Crippen molar-refractivity contribution >= 4 is 60.3 Å². The maximum Gasteiger partial charge on any atom is 0.472 e. The molecule has 0 radical (unpaired) electrons. The number of pyridine rings is 1. The monoisotopic (exact) mass is 693 g/mol. The van der Waals surface area contributed by atoms with Crippen LogP contribution in [0.15, 0.2) is 29.7 Å². The summed E-state index contributed by atoms with van der Waals surface area (Å²) in [6.07, 6.45) is -10.3. The number of nitrogens with two attached hydrogens (primary N) is 2. The van der Waals surface area contributed by atoms with Gasteiger partial charge >= 0.3 is 14.5 Å². The van der Waals surface area contributed by atoms with E-state index in [0.29, 0.717) is 0 Å². The minimum absolute atomic E-state index is 0.126. The van der Waals surface area contributed by atoms with Gasteiger partial charge in [-0.15, -0.1) is 0 Å². The second kappa shape index (κ2) is 11.1. The number of hydrogen-bond acceptors (Lipinski definition) is 15. The van der Waals surface area contributed by atoms with Gasteiger partial charge in [0.15, 0.2) is 41.6 Å². The number of alkyl halides is 2. The Morgan fingerprint density at radius 3 is 2.40 bits per heavy atom. The fraction of sp³-hybridized carbons (Fsp3) is 0.476. The van der Waals surface area contributed by atoms with Gasteiger partial charge in [0, 0.05) is 6.20 Å². The van der Waals surface area contributed by atoms with Crippen molar-refractivity contribution in [2.45, 2.75) is 49.2 Å². The van der Waals surface area contributed by atoms with Crippen LogP contribution in [0.1, 0.15) is 12.5 Å². The predicted octanol–water partition coefficient (Wildman–Crippen LogP) is 0.334. The number of aromatic nitrogens is 7. The molecule has 3 saturated heterocycles. The summed E-state index contributed by atoms with van der Waals surface area (Å²) < 4.78 is 79.7. The lowest BCUT2D eigenvalue weighted by Crippen LogP contribution is -2.34. The Kier molecular flexibility index (Phi) is 7.53. The maximum absolute atomic E-state index is 15.9. The first kappa shape index (κ1) is 30.6. The van der Waals surface area contributed by atoms with Crippen LogP contribution >= 0.6 is 14.5 Å². The minimum Gasteiger partial charge on any atom is -0.397 e. The van der Waals surface area contributed by atoms with Crippen molar-refractivity contribution in [3.05, 3.63) is 35.3 Å². The quantitative estimate of drug-likeness (QED) is 0.177. The largest absolute Gasteiger partial charge is 0.472 e. The van der Waals surface area contributed by atoms with Gasteiger partial charge in [0.1, 0.15) is 29.9 Å². The summed E-state index contributed by atoms with van der Waals surface area (Å²) in [7, 11) is -5.14. The lowest BCUT2D eigenvalue weighted by atomic mass is 10.1. The Morgan fingerprint density at radius 1 is 0.933 bits per heavy atom. The molecule has 3 fully saturated rings. The molecular weight excluding hydrogens is 670 g/mol. The number of nitrogen functional groups attached to an aromatic ring is 2. The van der Waals surface area contributed by atoms with Crippen LogP contribution in [0.2, 0.25) is 0 Å². The fourth-order valence-corrected chi connectivity index (χ4v) is 7.68. The molecule has 0 aromatic carbocycles. The molecule has 19 nitrogen and oxygen atoms in total. The molecular formula is C21H23F2N9O10P2S. The van der Waals surface area contributed by atoms with Crippen molar-refractivity contribution in [2.75, 3.05) is 24.7 Å². The van der Waals surface area contributed by atoms with Crippen molar-refractivity contribution < 1.29 is 50.7 Å². The number of H-pyrrole nitrogens is 1. The summed E-state index contributed by atoms with van der Waals surface area (Å²) in [4.78, 5) is 52.3. The van der Waals surface area contributed by atoms with Gasteiger partial charge in [0.2, 0.25) is 5.95 Å². The van der Waals surface area contributed by atoms with Crippen LogP contribution in [0, 0.1) is 0 Å². The van der Waals surface area contributed by atoms with E-state index in [1.165, 1.54) is 23.2 Å². The second-order valence-electron chi connectivity index (χ2n) is 10.2. The molecule has 7 N–H and O–H groups in total. The van der Waals surface area contributed by atoms with Crippen molar-refractivity contribution in [1.29, 1.82) is 0 Å². The first-order valence-corrected chi connectivity index (χ1v) is 17.1. The van der Waals surface area contributed by atoms with Gasteiger partial charge in [0.05, 0.1) is 31.6 Å². The summed E-state index contributed by atoms with van der Waals surface area (Å²) in [5, 5.41) is 0. The van der Waals surface area contributed by atoms with E-state index in [2.05, 4.69) is 24.9 Å². The van der Waals surface area contributed by atoms with Gasteiger partial charge in [-0.25, -0.2) is 28.3 Å². The van der Waals surface area contributed by atoms with E-state index in [1.807, 2.05) is 0 Å². The predicted molar refractivity (Wildman–Crippen MR) is 150 cm³/mol. The van der Waals surface area contributed by atoms with Crippen LogP contribution in [0.25, 0.3) is 22.3 Å². The average molecular weight is 693 g/mol. The molecule has 45 heavy (non-hydrogen) atoms. The van der Waals surface area contributed by atoms with E-state index in [9.17, 15) is 19.1 Å². The molecule has 3 aliphatic heterocycles. The molecule has 0 aliphatic carbocycles. The SMILES string of the molecule is Nc1nc2c(ncn2[C@@H]2O[C@@H]3COP(=O)(O)O[C@@H]4C(COP(O)(=S)O[C@@H]2[C@@H]3F)O[C@@H](n2cnc3c(N)ccnc32)[C@H]4F)c(=O)[nH]1. The Hall–Kier alpha value is -3.01. The number of halogens is 2. The summed E-state index contributed by atoms with van der Waals surface area (Å²) >= 11 is 5.13. The maximum atomic E-state index is 15.9. The second-order valence-corrected chi connectivity index (χ2v) is 14.4. The van der Waals surface area contributed by atoms with Crippen LogP contribution in [-0.4, -0.2) is 93.8 Å². The van der Waals surface area contributed by atoms with E-state index >= 15 is 8.78 Å². The van der Waals surface area contributed by atoms with Gasteiger partial charge in [-0.1, -0.05) is 0 Å². The molecule has 0 spiro atoms. The van der Waals surface area contributed by atoms with E-state index in [1.54, 1.807) is 0 Å². The van der Waals surface area contributed by atoms with Crippen LogP contribution < -0.4 is 17.0 Å². The highest BCUT2D eigenvalue weighted by Gasteiger charge is 2.54. The van der Waals surface area contributed by atoms with Crippen molar-refractivity contribution in [2.24, 2.45) is 0 Å². The summed E-state index contributed by atoms with van der Waals surface area (Å²) in [5.74, 6) is -0.281. The summed E-state index contributed by atoms with van der Waals surface area (Å²) in [6, 6.07) is 1.49. The fourth-order valence-electron chi connectivity index (χ4n) is 5.32. The van der Waals surface area contributed by atoms with Crippen molar-refractivity contribution in [3.63, 3.8) is 0 Å². The van der Waals surface area contributed by atoms with Crippen molar-refractivity contribution in [1.82, 2.24) is 34.1 Å². The first-order valence-electron chi connectivity index (χ1n) is 13.0. The Morgan fingerprint density at radius 2 is 1.62 bits per heavy atom. The normalized spacial score (nSPS) is 37.7. The minimum atomic E-state index is -5.14. The molecule has 242 valence electrons. The number of rotatable bonds is 2. The Balaban J connectivity index is 1.21. The number of aromatic amines is 1. The lowest BCUT2D eigenvalue weighted by molar-refractivity contribution is -0.0630. The van der Waals surface area contributed by atoms with Crippen LogP contribution in [0.5, 0.6) is 0 Å². The zero-order valence-electron chi connectivity index (χ0n) is 22.4. The first-order chi connectivity index (χ1) is 21.3. The molecule has 4 aromatic rings. The van der Waals surface area contributed by atoms with Crippen LogP contribution in [0.4, 0.5) is 20.4 Å². The van der Waals surface area contributed by atoms with Gasteiger partial charge in [-0.05, 0) is 17.9 Å². The third-order valence-electron chi connectivity index (χ3n) is 7.34. The number of nitrogens with zero attached hydrogens (tertiary/aromatic N) is 6. The number of anilines is 2. The van der Waals surface area contributed by atoms with E-state index < -0.39 is 82.5 Å².